The molecular formula is C30H24F18O. The minimum absolute atomic E-state index is 0.271. The predicted octanol–water partition coefficient (Wildman–Crippen LogP) is 11.2. The lowest BCUT2D eigenvalue weighted by Crippen LogP contribution is -2.62. The highest BCUT2D eigenvalue weighted by molar-refractivity contribution is 5.48. The highest BCUT2D eigenvalue weighted by Crippen LogP contribution is 2.56. The van der Waals surface area contributed by atoms with E-state index >= 15 is 0 Å². The van der Waals surface area contributed by atoms with Crippen molar-refractivity contribution in [2.24, 2.45) is 0 Å². The van der Waals surface area contributed by atoms with Crippen LogP contribution >= 0.6 is 0 Å². The molecule has 2 aromatic carbocycles. The van der Waals surface area contributed by atoms with Gasteiger partial charge in [-0.1, -0.05) is 73.8 Å². The van der Waals surface area contributed by atoms with Gasteiger partial charge in [0.15, 0.2) is 0 Å². The van der Waals surface area contributed by atoms with Crippen LogP contribution in [-0.4, -0.2) is 60.1 Å². The van der Waals surface area contributed by atoms with Crippen LogP contribution in [0.2, 0.25) is 0 Å². The Balaban J connectivity index is 2.68. The number of hydrogen-bond donors (Lipinski definition) is 0. The molecule has 2 unspecified atom stereocenters. The number of rotatable bonds is 16. The van der Waals surface area contributed by atoms with Gasteiger partial charge >= 0.3 is 47.9 Å². The van der Waals surface area contributed by atoms with Gasteiger partial charge in [-0.25, -0.2) is 0 Å². The Labute approximate surface area is 266 Å². The zero-order chi connectivity index (χ0) is 38.1. The van der Waals surface area contributed by atoms with E-state index in [0.29, 0.717) is 11.1 Å². The highest BCUT2D eigenvalue weighted by Gasteiger charge is 2.83. The molecule has 0 bridgehead atoms. The van der Waals surface area contributed by atoms with E-state index in [1.165, 1.54) is 36.4 Å². The summed E-state index contributed by atoms with van der Waals surface area (Å²) in [5.74, 6) is -42.1. The Bertz CT molecular complexity index is 1300. The second-order valence-corrected chi connectivity index (χ2v) is 10.8. The first kappa shape index (κ1) is 41.8. The Morgan fingerprint density at radius 1 is 0.449 bits per heavy atom. The average molecular weight is 742 g/mol. The molecule has 2 atom stereocenters. The third-order valence-electron chi connectivity index (χ3n) is 7.13. The molecule has 0 aliphatic heterocycles. The third kappa shape index (κ3) is 8.68. The van der Waals surface area contributed by atoms with E-state index in [9.17, 15) is 79.0 Å². The lowest BCUT2D eigenvalue weighted by atomic mass is 9.93. The van der Waals surface area contributed by atoms with Crippen molar-refractivity contribution in [3.05, 3.63) is 83.9 Å². The summed E-state index contributed by atoms with van der Waals surface area (Å²) in [6.45, 7) is 6.77. The number of alkyl halides is 18. The fourth-order valence-corrected chi connectivity index (χ4v) is 4.36. The van der Waals surface area contributed by atoms with Gasteiger partial charge in [-0.3, -0.25) is 0 Å². The number of ether oxygens (including phenoxy) is 1. The van der Waals surface area contributed by atoms with Crippen molar-refractivity contribution in [2.75, 3.05) is 0 Å². The van der Waals surface area contributed by atoms with Crippen molar-refractivity contribution >= 4 is 12.2 Å². The molecule has 0 N–H and O–H groups in total. The molecule has 0 aliphatic rings. The van der Waals surface area contributed by atoms with Crippen molar-refractivity contribution in [3.8, 4) is 0 Å². The zero-order valence-electron chi connectivity index (χ0n) is 24.4. The quantitative estimate of drug-likeness (QED) is 0.156. The summed E-state index contributed by atoms with van der Waals surface area (Å²) in [5.41, 5.74) is 0.0894. The van der Waals surface area contributed by atoms with Crippen molar-refractivity contribution in [1.82, 2.24) is 0 Å². The van der Waals surface area contributed by atoms with Crippen LogP contribution in [-0.2, 0) is 17.6 Å². The standard InChI is InChI=1S/C30H24F18O/c1-3-17-5-9-19(10-6-17)13-21(15-23(31,32)25(35,36)27(39,40)29(43,44)45)49-22(14-20-11-7-18(4-2)8-12-20)16-24(33,34)26(37,38)28(41,42)30(46,47)48/h3-12,21-22H,1-2,13-16H2. The van der Waals surface area contributed by atoms with Gasteiger partial charge < -0.3 is 4.74 Å². The second kappa shape index (κ2) is 14.1. The molecule has 276 valence electrons. The van der Waals surface area contributed by atoms with Gasteiger partial charge in [-0.05, 0) is 35.1 Å². The highest BCUT2D eigenvalue weighted by atomic mass is 19.4. The normalized spacial score (nSPS) is 15.6. The van der Waals surface area contributed by atoms with Crippen LogP contribution in [0.15, 0.2) is 61.7 Å². The van der Waals surface area contributed by atoms with Crippen LogP contribution in [0.4, 0.5) is 79.0 Å². The topological polar surface area (TPSA) is 9.23 Å². The molecule has 0 aromatic heterocycles. The molecule has 2 rings (SSSR count). The molecule has 0 radical (unpaired) electrons. The second-order valence-electron chi connectivity index (χ2n) is 10.8. The molecule has 19 heteroatoms. The smallest absolute Gasteiger partial charge is 0.374 e. The monoisotopic (exact) mass is 742 g/mol. The summed E-state index contributed by atoms with van der Waals surface area (Å²) >= 11 is 0. The molecule has 0 heterocycles. The van der Waals surface area contributed by atoms with Crippen LogP contribution in [0.1, 0.15) is 35.1 Å². The summed E-state index contributed by atoms with van der Waals surface area (Å²) in [6.07, 6.45) is -25.9. The first-order chi connectivity index (χ1) is 22.0. The molecule has 0 saturated heterocycles. The summed E-state index contributed by atoms with van der Waals surface area (Å²) < 4.78 is 251. The fourth-order valence-electron chi connectivity index (χ4n) is 4.36. The zero-order valence-corrected chi connectivity index (χ0v) is 24.4. The Morgan fingerprint density at radius 3 is 0.939 bits per heavy atom. The molecular weight excluding hydrogens is 718 g/mol. The van der Waals surface area contributed by atoms with Crippen LogP contribution in [0.3, 0.4) is 0 Å². The van der Waals surface area contributed by atoms with Gasteiger partial charge in [-0.15, -0.1) is 0 Å². The van der Waals surface area contributed by atoms with Gasteiger partial charge in [0, 0.05) is 12.8 Å². The van der Waals surface area contributed by atoms with Crippen LogP contribution in [0.5, 0.6) is 0 Å². The minimum atomic E-state index is -7.40. The molecule has 1 nitrogen and oxygen atoms in total. The average Bonchev–Trinajstić information content (AvgIpc) is 2.96. The van der Waals surface area contributed by atoms with Crippen molar-refractivity contribution < 1.29 is 83.8 Å². The first-order valence-electron chi connectivity index (χ1n) is 13.5. The van der Waals surface area contributed by atoms with E-state index in [2.05, 4.69) is 13.2 Å². The van der Waals surface area contributed by atoms with Crippen LogP contribution in [0.25, 0.3) is 12.2 Å². The number of hydrogen-bond acceptors (Lipinski definition) is 1. The molecule has 0 saturated carbocycles. The Hall–Kier alpha value is -3.38. The summed E-state index contributed by atoms with van der Waals surface area (Å²) in [5, 5.41) is 0. The van der Waals surface area contributed by atoms with Gasteiger partial charge in [0.2, 0.25) is 0 Å². The molecule has 49 heavy (non-hydrogen) atoms. The Kier molecular flexibility index (Phi) is 12.0. The van der Waals surface area contributed by atoms with E-state index in [-0.39, 0.29) is 11.1 Å². The maximum Gasteiger partial charge on any atom is 0.460 e. The molecule has 0 fully saturated rings. The van der Waals surface area contributed by atoms with Crippen LogP contribution < -0.4 is 0 Å². The Morgan fingerprint density at radius 2 is 0.714 bits per heavy atom. The van der Waals surface area contributed by atoms with Gasteiger partial charge in [0.25, 0.3) is 0 Å². The van der Waals surface area contributed by atoms with E-state index in [1.54, 1.807) is 0 Å². The van der Waals surface area contributed by atoms with Crippen molar-refractivity contribution in [3.63, 3.8) is 0 Å². The van der Waals surface area contributed by atoms with Gasteiger partial charge in [0.1, 0.15) is 0 Å². The molecule has 2 aromatic rings. The summed E-state index contributed by atoms with van der Waals surface area (Å²) in [6, 6.07) is 8.78. The van der Waals surface area contributed by atoms with Gasteiger partial charge in [-0.2, -0.15) is 79.0 Å². The summed E-state index contributed by atoms with van der Waals surface area (Å²) in [4.78, 5) is 0. The third-order valence-corrected chi connectivity index (χ3v) is 7.13. The van der Waals surface area contributed by atoms with E-state index in [4.69, 9.17) is 4.74 Å². The van der Waals surface area contributed by atoms with Crippen molar-refractivity contribution in [1.29, 1.82) is 0 Å². The lowest BCUT2D eigenvalue weighted by molar-refractivity contribution is -0.401. The van der Waals surface area contributed by atoms with Crippen LogP contribution in [0, 0.1) is 0 Å². The summed E-state index contributed by atoms with van der Waals surface area (Å²) in [7, 11) is 0. The van der Waals surface area contributed by atoms with Gasteiger partial charge in [0.05, 0.1) is 12.2 Å². The molecule has 0 aliphatic carbocycles. The number of benzene rings is 2. The van der Waals surface area contributed by atoms with E-state index in [0.717, 1.165) is 24.3 Å². The largest absolute Gasteiger partial charge is 0.460 e. The fraction of sp³-hybridized carbons (Fsp3) is 0.467. The van der Waals surface area contributed by atoms with E-state index in [1.807, 2.05) is 0 Å². The first-order valence-corrected chi connectivity index (χ1v) is 13.5. The molecule has 0 spiro atoms. The maximum atomic E-state index is 14.7. The van der Waals surface area contributed by atoms with Crippen molar-refractivity contribution in [2.45, 2.75) is 85.8 Å². The predicted molar refractivity (Wildman–Crippen MR) is 140 cm³/mol. The number of halogens is 18. The minimum Gasteiger partial charge on any atom is -0.374 e. The SMILES string of the molecule is C=Cc1ccc(CC(CC(F)(F)C(F)(F)C(F)(F)C(F)(F)F)OC(Cc2ccc(C=C)cc2)CC(F)(F)C(F)(F)C(F)(F)C(F)(F)F)cc1. The molecule has 0 amide bonds. The lowest BCUT2D eigenvalue weighted by Gasteiger charge is -2.37. The maximum absolute atomic E-state index is 14.7. The van der Waals surface area contributed by atoms with E-state index < -0.39 is 85.8 Å².